The number of para-hydroxylation sites is 2. The summed E-state index contributed by atoms with van der Waals surface area (Å²) in [6, 6.07) is 14.6. The van der Waals surface area contributed by atoms with Gasteiger partial charge in [0.05, 0.1) is 17.5 Å². The summed E-state index contributed by atoms with van der Waals surface area (Å²) in [6.45, 7) is 1.57. The molecule has 2 aromatic carbocycles. The van der Waals surface area contributed by atoms with Crippen molar-refractivity contribution < 1.29 is 9.90 Å². The maximum Gasteiger partial charge on any atom is 0.255 e. The first-order chi connectivity index (χ1) is 11.1. The zero-order valence-corrected chi connectivity index (χ0v) is 13.5. The number of carbonyl (C=O) groups is 1. The fourth-order valence-electron chi connectivity index (χ4n) is 2.76. The van der Waals surface area contributed by atoms with Crippen LogP contribution in [0.1, 0.15) is 23.2 Å². The highest BCUT2D eigenvalue weighted by Gasteiger charge is 2.20. The van der Waals surface area contributed by atoms with Crippen LogP contribution in [-0.2, 0) is 0 Å². The Morgan fingerprint density at radius 2 is 1.74 bits per heavy atom. The lowest BCUT2D eigenvalue weighted by Gasteiger charge is -2.32. The van der Waals surface area contributed by atoms with Crippen molar-refractivity contribution in [2.45, 2.75) is 18.9 Å². The molecule has 0 unspecified atom stereocenters. The van der Waals surface area contributed by atoms with Crippen molar-refractivity contribution in [3.05, 3.63) is 59.1 Å². The summed E-state index contributed by atoms with van der Waals surface area (Å²) in [5, 5.41) is 13.2. The van der Waals surface area contributed by atoms with Gasteiger partial charge in [-0.2, -0.15) is 0 Å². The minimum Gasteiger partial charge on any atom is -0.393 e. The fraction of sp³-hybridized carbons (Fsp3) is 0.278. The highest BCUT2D eigenvalue weighted by atomic mass is 35.5. The third-order valence-electron chi connectivity index (χ3n) is 4.06. The summed E-state index contributed by atoms with van der Waals surface area (Å²) in [4.78, 5) is 14.6. The van der Waals surface area contributed by atoms with Crippen LogP contribution in [0.15, 0.2) is 48.5 Å². The molecule has 5 heteroatoms. The number of rotatable bonds is 3. The van der Waals surface area contributed by atoms with Gasteiger partial charge < -0.3 is 15.3 Å². The molecule has 4 nitrogen and oxygen atoms in total. The average molecular weight is 331 g/mol. The van der Waals surface area contributed by atoms with Crippen molar-refractivity contribution in [3.63, 3.8) is 0 Å². The summed E-state index contributed by atoms with van der Waals surface area (Å²) in [7, 11) is 0. The SMILES string of the molecule is O=C(Nc1ccccc1N1CCC(O)CC1)c1ccc(Cl)cc1. The van der Waals surface area contributed by atoms with Gasteiger partial charge >= 0.3 is 0 Å². The first-order valence-corrected chi connectivity index (χ1v) is 8.10. The Hall–Kier alpha value is -2.04. The Labute approximate surface area is 140 Å². The number of carbonyl (C=O) groups excluding carboxylic acids is 1. The lowest BCUT2D eigenvalue weighted by molar-refractivity contribution is 0.102. The molecule has 0 aromatic heterocycles. The second-order valence-corrected chi connectivity index (χ2v) is 6.13. The second-order valence-electron chi connectivity index (χ2n) is 5.70. The fourth-order valence-corrected chi connectivity index (χ4v) is 2.88. The number of nitrogens with zero attached hydrogens (tertiary/aromatic N) is 1. The zero-order valence-electron chi connectivity index (χ0n) is 12.7. The number of halogens is 1. The van der Waals surface area contributed by atoms with Gasteiger partial charge in [0.2, 0.25) is 0 Å². The molecule has 23 heavy (non-hydrogen) atoms. The van der Waals surface area contributed by atoms with Gasteiger partial charge in [-0.25, -0.2) is 0 Å². The van der Waals surface area contributed by atoms with Crippen molar-refractivity contribution in [1.29, 1.82) is 0 Å². The van der Waals surface area contributed by atoms with E-state index in [4.69, 9.17) is 11.6 Å². The van der Waals surface area contributed by atoms with E-state index < -0.39 is 0 Å². The van der Waals surface area contributed by atoms with Crippen LogP contribution in [-0.4, -0.2) is 30.2 Å². The van der Waals surface area contributed by atoms with Crippen LogP contribution in [0.5, 0.6) is 0 Å². The van der Waals surface area contributed by atoms with E-state index in [9.17, 15) is 9.90 Å². The van der Waals surface area contributed by atoms with Gasteiger partial charge in [-0.15, -0.1) is 0 Å². The van der Waals surface area contributed by atoms with Gasteiger partial charge in [0.1, 0.15) is 0 Å². The van der Waals surface area contributed by atoms with Crippen molar-refractivity contribution in [3.8, 4) is 0 Å². The molecule has 2 N–H and O–H groups in total. The molecule has 3 rings (SSSR count). The minimum absolute atomic E-state index is 0.161. The topological polar surface area (TPSA) is 52.6 Å². The van der Waals surface area contributed by atoms with Crippen molar-refractivity contribution in [2.24, 2.45) is 0 Å². The van der Waals surface area contributed by atoms with Crippen LogP contribution in [0, 0.1) is 0 Å². The second kappa shape index (κ2) is 7.02. The first kappa shape index (κ1) is 15.8. The number of aliphatic hydroxyl groups is 1. The van der Waals surface area contributed by atoms with E-state index in [1.165, 1.54) is 0 Å². The molecule has 0 bridgehead atoms. The Kier molecular flexibility index (Phi) is 4.84. The molecule has 1 aliphatic heterocycles. The monoisotopic (exact) mass is 330 g/mol. The maximum absolute atomic E-state index is 12.4. The third-order valence-corrected chi connectivity index (χ3v) is 4.32. The average Bonchev–Trinajstić information content (AvgIpc) is 2.57. The summed E-state index contributed by atoms with van der Waals surface area (Å²) >= 11 is 5.86. The van der Waals surface area contributed by atoms with Crippen molar-refractivity contribution in [1.82, 2.24) is 0 Å². The largest absolute Gasteiger partial charge is 0.393 e. The molecule has 1 saturated heterocycles. The van der Waals surface area contributed by atoms with E-state index in [1.807, 2.05) is 24.3 Å². The summed E-state index contributed by atoms with van der Waals surface area (Å²) in [5.74, 6) is -0.161. The van der Waals surface area contributed by atoms with Crippen molar-refractivity contribution in [2.75, 3.05) is 23.3 Å². The summed E-state index contributed by atoms with van der Waals surface area (Å²) in [5.41, 5.74) is 2.34. The Balaban J connectivity index is 1.77. The smallest absolute Gasteiger partial charge is 0.255 e. The van der Waals surface area contributed by atoms with Gasteiger partial charge in [0.25, 0.3) is 5.91 Å². The van der Waals surface area contributed by atoms with Gasteiger partial charge in [0, 0.05) is 23.7 Å². The molecule has 0 aliphatic carbocycles. The van der Waals surface area contributed by atoms with Crippen LogP contribution >= 0.6 is 11.6 Å². The lowest BCUT2D eigenvalue weighted by atomic mass is 10.1. The van der Waals surface area contributed by atoms with E-state index in [0.717, 1.165) is 37.3 Å². The molecule has 0 spiro atoms. The number of anilines is 2. The van der Waals surface area contributed by atoms with E-state index >= 15 is 0 Å². The van der Waals surface area contributed by atoms with Crippen LogP contribution < -0.4 is 10.2 Å². The zero-order chi connectivity index (χ0) is 16.2. The van der Waals surface area contributed by atoms with Gasteiger partial charge in [-0.1, -0.05) is 23.7 Å². The van der Waals surface area contributed by atoms with E-state index in [2.05, 4.69) is 10.2 Å². The Bertz CT molecular complexity index is 680. The molecule has 0 atom stereocenters. The normalized spacial score (nSPS) is 15.5. The number of hydrogen-bond donors (Lipinski definition) is 2. The molecule has 0 radical (unpaired) electrons. The van der Waals surface area contributed by atoms with Crippen molar-refractivity contribution >= 4 is 28.9 Å². The highest BCUT2D eigenvalue weighted by Crippen LogP contribution is 2.28. The molecule has 0 saturated carbocycles. The Morgan fingerprint density at radius 3 is 2.43 bits per heavy atom. The van der Waals surface area contributed by atoms with E-state index in [0.29, 0.717) is 10.6 Å². The van der Waals surface area contributed by atoms with Gasteiger partial charge in [-0.05, 0) is 49.2 Å². The highest BCUT2D eigenvalue weighted by molar-refractivity contribution is 6.30. The third kappa shape index (κ3) is 3.84. The standard InChI is InChI=1S/C18H19ClN2O2/c19-14-7-5-13(6-8-14)18(23)20-16-3-1-2-4-17(16)21-11-9-15(22)10-12-21/h1-8,15,22H,9-12H2,(H,20,23). The van der Waals surface area contributed by atoms with Crippen LogP contribution in [0.4, 0.5) is 11.4 Å². The minimum atomic E-state index is -0.220. The maximum atomic E-state index is 12.4. The predicted octanol–water partition coefficient (Wildman–Crippen LogP) is 3.55. The summed E-state index contributed by atoms with van der Waals surface area (Å²) in [6.07, 6.45) is 1.28. The van der Waals surface area contributed by atoms with E-state index in [1.54, 1.807) is 24.3 Å². The molecular weight excluding hydrogens is 312 g/mol. The number of piperidine rings is 1. The number of aliphatic hydroxyl groups excluding tert-OH is 1. The van der Waals surface area contributed by atoms with Crippen LogP contribution in [0.3, 0.4) is 0 Å². The number of hydrogen-bond acceptors (Lipinski definition) is 3. The molecule has 2 aromatic rings. The molecule has 1 aliphatic rings. The molecule has 120 valence electrons. The molecule has 1 fully saturated rings. The van der Waals surface area contributed by atoms with Gasteiger partial charge in [-0.3, -0.25) is 4.79 Å². The number of nitrogens with one attached hydrogen (secondary N) is 1. The Morgan fingerprint density at radius 1 is 1.09 bits per heavy atom. The summed E-state index contributed by atoms with van der Waals surface area (Å²) < 4.78 is 0. The molecule has 1 heterocycles. The first-order valence-electron chi connectivity index (χ1n) is 7.72. The molecular formula is C18H19ClN2O2. The lowest BCUT2D eigenvalue weighted by Crippen LogP contribution is -2.36. The number of benzene rings is 2. The number of amides is 1. The van der Waals surface area contributed by atoms with Gasteiger partial charge in [0.15, 0.2) is 0 Å². The van der Waals surface area contributed by atoms with Crippen LogP contribution in [0.25, 0.3) is 0 Å². The van der Waals surface area contributed by atoms with Crippen LogP contribution in [0.2, 0.25) is 5.02 Å². The molecule has 1 amide bonds. The quantitative estimate of drug-likeness (QED) is 0.904. The van der Waals surface area contributed by atoms with E-state index in [-0.39, 0.29) is 12.0 Å². The predicted molar refractivity (Wildman–Crippen MR) is 93.3 cm³/mol.